The summed E-state index contributed by atoms with van der Waals surface area (Å²) < 4.78 is 0. The molecule has 0 spiro atoms. The fraction of sp³-hybridized carbons (Fsp3) is 0.0714. The Morgan fingerprint density at radius 3 is 2.55 bits per heavy atom. The van der Waals surface area contributed by atoms with Crippen molar-refractivity contribution in [1.82, 2.24) is 15.4 Å². The number of aromatic nitrogens is 2. The van der Waals surface area contributed by atoms with Gasteiger partial charge in [-0.1, -0.05) is 36.0 Å². The van der Waals surface area contributed by atoms with Crippen LogP contribution in [0.4, 0.5) is 0 Å². The summed E-state index contributed by atoms with van der Waals surface area (Å²) in [5, 5.41) is 14.9. The van der Waals surface area contributed by atoms with Crippen molar-refractivity contribution in [2.45, 2.75) is 5.16 Å². The predicted molar refractivity (Wildman–Crippen MR) is 79.3 cm³/mol. The third kappa shape index (κ3) is 4.98. The van der Waals surface area contributed by atoms with E-state index in [9.17, 15) is 14.7 Å². The van der Waals surface area contributed by atoms with Crippen LogP contribution in [0.1, 0.15) is 15.9 Å². The Hall–Kier alpha value is -2.74. The summed E-state index contributed by atoms with van der Waals surface area (Å²) >= 11 is 1.20. The molecule has 0 bridgehead atoms. The second-order valence-electron chi connectivity index (χ2n) is 4.02. The second kappa shape index (κ2) is 7.89. The lowest BCUT2D eigenvalue weighted by molar-refractivity contribution is -0.255. The summed E-state index contributed by atoms with van der Waals surface area (Å²) in [4.78, 5) is 30.1. The molecule has 1 heterocycles. The van der Waals surface area contributed by atoms with Crippen LogP contribution in [0.25, 0.3) is 0 Å². The zero-order valence-corrected chi connectivity index (χ0v) is 12.1. The summed E-state index contributed by atoms with van der Waals surface area (Å²) in [5.74, 6) is -1.39. The maximum atomic E-state index is 11.6. The highest BCUT2D eigenvalue weighted by Gasteiger charge is 2.02. The Labute approximate surface area is 130 Å². The van der Waals surface area contributed by atoms with Crippen molar-refractivity contribution in [2.75, 3.05) is 5.75 Å². The molecule has 2 aromatic rings. The minimum atomic E-state index is -1.24. The molecule has 0 aliphatic carbocycles. The highest BCUT2D eigenvalue weighted by molar-refractivity contribution is 7.99. The quantitative estimate of drug-likeness (QED) is 0.350. The fourth-order valence-electron chi connectivity index (χ4n) is 1.41. The largest absolute Gasteiger partial charge is 0.545 e. The van der Waals surface area contributed by atoms with E-state index in [1.807, 2.05) is 0 Å². The Balaban J connectivity index is 1.79. The van der Waals surface area contributed by atoms with Crippen LogP contribution in [-0.2, 0) is 4.79 Å². The zero-order valence-electron chi connectivity index (χ0n) is 11.3. The Kier molecular flexibility index (Phi) is 5.61. The maximum absolute atomic E-state index is 11.6. The van der Waals surface area contributed by atoms with Crippen molar-refractivity contribution >= 4 is 29.9 Å². The average Bonchev–Trinajstić information content (AvgIpc) is 2.54. The first kappa shape index (κ1) is 15.6. The molecule has 112 valence electrons. The molecular weight excluding hydrogens is 304 g/mol. The summed E-state index contributed by atoms with van der Waals surface area (Å²) in [7, 11) is 0. The molecule has 1 amide bonds. The predicted octanol–water partition coefficient (Wildman–Crippen LogP) is 0.0825. The molecule has 7 nitrogen and oxygen atoms in total. The van der Waals surface area contributed by atoms with Crippen molar-refractivity contribution in [1.29, 1.82) is 0 Å². The van der Waals surface area contributed by atoms with E-state index in [1.54, 1.807) is 30.6 Å². The van der Waals surface area contributed by atoms with E-state index in [0.29, 0.717) is 10.7 Å². The molecule has 0 aliphatic heterocycles. The molecule has 0 fully saturated rings. The van der Waals surface area contributed by atoms with Gasteiger partial charge in [0.1, 0.15) is 0 Å². The van der Waals surface area contributed by atoms with Crippen LogP contribution in [-0.4, -0.2) is 33.8 Å². The zero-order chi connectivity index (χ0) is 15.8. The van der Waals surface area contributed by atoms with Crippen molar-refractivity contribution in [3.05, 3.63) is 53.9 Å². The molecule has 1 N–H and O–H groups in total. The van der Waals surface area contributed by atoms with E-state index in [4.69, 9.17) is 0 Å². The first-order chi connectivity index (χ1) is 10.6. The fourth-order valence-corrected chi connectivity index (χ4v) is 2.00. The molecule has 2 rings (SSSR count). The second-order valence-corrected chi connectivity index (χ2v) is 4.97. The van der Waals surface area contributed by atoms with Crippen LogP contribution in [0.5, 0.6) is 0 Å². The molecule has 1 aromatic heterocycles. The van der Waals surface area contributed by atoms with Crippen LogP contribution in [0.2, 0.25) is 0 Å². The van der Waals surface area contributed by atoms with Gasteiger partial charge in [-0.25, -0.2) is 15.4 Å². The van der Waals surface area contributed by atoms with Gasteiger partial charge >= 0.3 is 0 Å². The monoisotopic (exact) mass is 315 g/mol. The number of hydrogen-bond donors (Lipinski definition) is 1. The molecule has 0 atom stereocenters. The third-order valence-electron chi connectivity index (χ3n) is 2.42. The number of carbonyl (C=O) groups excluding carboxylic acids is 2. The standard InChI is InChI=1S/C14H12N4O3S/c19-12(9-22-14-15-6-1-7-16-14)18-17-8-10-2-4-11(5-3-10)13(20)21/h1-8H,9H2,(H,18,19)(H,20,21)/p-1/b17-8-. The van der Waals surface area contributed by atoms with Crippen LogP contribution >= 0.6 is 11.8 Å². The van der Waals surface area contributed by atoms with Gasteiger partial charge in [0, 0.05) is 12.4 Å². The third-order valence-corrected chi connectivity index (χ3v) is 3.30. The summed E-state index contributed by atoms with van der Waals surface area (Å²) in [6.07, 6.45) is 4.62. The van der Waals surface area contributed by atoms with Gasteiger partial charge in [-0.05, 0) is 17.2 Å². The number of rotatable bonds is 6. The lowest BCUT2D eigenvalue weighted by Crippen LogP contribution is -2.22. The summed E-state index contributed by atoms with van der Waals surface area (Å²) in [6.45, 7) is 0. The lowest BCUT2D eigenvalue weighted by Gasteiger charge is -2.01. The van der Waals surface area contributed by atoms with Gasteiger partial charge in [0.05, 0.1) is 17.9 Å². The molecule has 1 aromatic carbocycles. The minimum absolute atomic E-state index is 0.0837. The number of carboxylic acids is 1. The highest BCUT2D eigenvalue weighted by atomic mass is 32.2. The van der Waals surface area contributed by atoms with E-state index in [0.717, 1.165) is 0 Å². The van der Waals surface area contributed by atoms with E-state index in [1.165, 1.54) is 30.1 Å². The van der Waals surface area contributed by atoms with E-state index in [2.05, 4.69) is 20.5 Å². The number of hydrogen-bond acceptors (Lipinski definition) is 7. The SMILES string of the molecule is O=C(CSc1ncccn1)N/N=C\c1ccc(C(=O)[O-])cc1. The Morgan fingerprint density at radius 1 is 1.23 bits per heavy atom. The summed E-state index contributed by atoms with van der Waals surface area (Å²) in [5.41, 5.74) is 3.10. The minimum Gasteiger partial charge on any atom is -0.545 e. The number of carboxylic acid groups (broad SMARTS) is 1. The van der Waals surface area contributed by atoms with Gasteiger partial charge in [-0.15, -0.1) is 0 Å². The van der Waals surface area contributed by atoms with Crippen molar-refractivity contribution < 1.29 is 14.7 Å². The van der Waals surface area contributed by atoms with E-state index < -0.39 is 5.97 Å². The first-order valence-electron chi connectivity index (χ1n) is 6.18. The molecule has 0 saturated heterocycles. The molecule has 22 heavy (non-hydrogen) atoms. The van der Waals surface area contributed by atoms with Crippen LogP contribution in [0, 0.1) is 0 Å². The number of thioether (sulfide) groups is 1. The van der Waals surface area contributed by atoms with E-state index >= 15 is 0 Å². The normalized spacial score (nSPS) is 10.5. The molecule has 0 radical (unpaired) electrons. The van der Waals surface area contributed by atoms with Crippen molar-refractivity contribution in [2.24, 2.45) is 5.10 Å². The molecule has 0 aliphatic rings. The van der Waals surface area contributed by atoms with Gasteiger partial charge in [0.25, 0.3) is 5.91 Å². The number of aromatic carboxylic acids is 1. The van der Waals surface area contributed by atoms with Crippen molar-refractivity contribution in [3.63, 3.8) is 0 Å². The van der Waals surface area contributed by atoms with Crippen LogP contribution in [0.15, 0.2) is 53.0 Å². The molecule has 0 saturated carbocycles. The number of nitrogens with one attached hydrogen (secondary N) is 1. The topological polar surface area (TPSA) is 107 Å². The van der Waals surface area contributed by atoms with Gasteiger partial charge < -0.3 is 9.90 Å². The lowest BCUT2D eigenvalue weighted by atomic mass is 10.1. The summed E-state index contributed by atoms with van der Waals surface area (Å²) in [6, 6.07) is 7.63. The number of amides is 1. The van der Waals surface area contributed by atoms with Gasteiger partial charge in [-0.3, -0.25) is 4.79 Å². The van der Waals surface area contributed by atoms with Gasteiger partial charge in [0.15, 0.2) is 5.16 Å². The van der Waals surface area contributed by atoms with Gasteiger partial charge in [-0.2, -0.15) is 5.10 Å². The number of benzene rings is 1. The smallest absolute Gasteiger partial charge is 0.250 e. The Bertz CT molecular complexity index is 674. The Morgan fingerprint density at radius 2 is 1.91 bits per heavy atom. The highest BCUT2D eigenvalue weighted by Crippen LogP contribution is 2.09. The number of hydrazone groups is 1. The average molecular weight is 315 g/mol. The van der Waals surface area contributed by atoms with Crippen LogP contribution < -0.4 is 10.5 Å². The molecule has 0 unspecified atom stereocenters. The first-order valence-corrected chi connectivity index (χ1v) is 7.17. The van der Waals surface area contributed by atoms with E-state index in [-0.39, 0.29) is 17.2 Å². The van der Waals surface area contributed by atoms with Crippen molar-refractivity contribution in [3.8, 4) is 0 Å². The molecular formula is C14H11N4O3S-. The maximum Gasteiger partial charge on any atom is 0.250 e. The molecule has 8 heteroatoms. The van der Waals surface area contributed by atoms with Gasteiger partial charge in [0.2, 0.25) is 0 Å². The van der Waals surface area contributed by atoms with Crippen LogP contribution in [0.3, 0.4) is 0 Å². The number of carbonyl (C=O) groups is 2. The number of nitrogens with zero attached hydrogens (tertiary/aromatic N) is 3.